The summed E-state index contributed by atoms with van der Waals surface area (Å²) in [5.74, 6) is 0.0106. The second kappa shape index (κ2) is 5.77. The van der Waals surface area contributed by atoms with E-state index >= 15 is 0 Å². The van der Waals surface area contributed by atoms with Crippen molar-refractivity contribution in [2.24, 2.45) is 0 Å². The van der Waals surface area contributed by atoms with Gasteiger partial charge < -0.3 is 0 Å². The molecule has 1 aromatic rings. The van der Waals surface area contributed by atoms with Gasteiger partial charge in [-0.3, -0.25) is 9.59 Å². The van der Waals surface area contributed by atoms with Crippen LogP contribution in [-0.2, 0) is 11.2 Å². The number of halogens is 3. The van der Waals surface area contributed by atoms with Crippen LogP contribution in [0.25, 0.3) is 0 Å². The van der Waals surface area contributed by atoms with Crippen molar-refractivity contribution in [3.05, 3.63) is 33.8 Å². The third-order valence-electron chi connectivity index (χ3n) is 1.82. The third kappa shape index (κ3) is 3.70. The van der Waals surface area contributed by atoms with Crippen LogP contribution in [0.3, 0.4) is 0 Å². The minimum Gasteiger partial charge on any atom is -0.298 e. The van der Waals surface area contributed by atoms with E-state index in [1.807, 2.05) is 0 Å². The maximum absolute atomic E-state index is 11.2. The van der Waals surface area contributed by atoms with E-state index in [2.05, 4.69) is 31.9 Å². The highest BCUT2D eigenvalue weighted by Gasteiger charge is 2.12. The molecule has 0 radical (unpaired) electrons. The van der Waals surface area contributed by atoms with E-state index in [1.165, 1.54) is 0 Å². The SMILES string of the molecule is O=C(CBr)Cc1ccc(Br)cc1C(=O)Cl. The molecule has 5 heteroatoms. The summed E-state index contributed by atoms with van der Waals surface area (Å²) in [6, 6.07) is 5.12. The number of hydrogen-bond acceptors (Lipinski definition) is 2. The highest BCUT2D eigenvalue weighted by Crippen LogP contribution is 2.19. The van der Waals surface area contributed by atoms with Crippen LogP contribution in [0.2, 0.25) is 0 Å². The van der Waals surface area contributed by atoms with Crippen LogP contribution in [0, 0.1) is 0 Å². The molecule has 0 N–H and O–H groups in total. The molecule has 2 nitrogen and oxygen atoms in total. The molecule has 0 saturated carbocycles. The maximum Gasteiger partial charge on any atom is 0.252 e. The topological polar surface area (TPSA) is 34.1 Å². The second-order valence-electron chi connectivity index (χ2n) is 2.92. The number of carbonyl (C=O) groups is 2. The summed E-state index contributed by atoms with van der Waals surface area (Å²) < 4.78 is 0.765. The van der Waals surface area contributed by atoms with Gasteiger partial charge in [-0.15, -0.1) is 0 Å². The summed E-state index contributed by atoms with van der Waals surface area (Å²) in [5.41, 5.74) is 1.03. The first-order valence-corrected chi connectivity index (χ1v) is 6.39. The van der Waals surface area contributed by atoms with Crippen molar-refractivity contribution in [1.29, 1.82) is 0 Å². The lowest BCUT2D eigenvalue weighted by atomic mass is 10.0. The molecule has 80 valence electrons. The highest BCUT2D eigenvalue weighted by molar-refractivity contribution is 9.10. The molecular weight excluding hydrogens is 347 g/mol. The molecule has 0 aliphatic heterocycles. The fraction of sp³-hybridized carbons (Fsp3) is 0.200. The number of alkyl halides is 1. The van der Waals surface area contributed by atoms with E-state index in [1.54, 1.807) is 18.2 Å². The van der Waals surface area contributed by atoms with E-state index in [9.17, 15) is 9.59 Å². The molecular formula is C10H7Br2ClO2. The summed E-state index contributed by atoms with van der Waals surface area (Å²) in [4.78, 5) is 22.3. The van der Waals surface area contributed by atoms with E-state index in [-0.39, 0.29) is 17.5 Å². The number of Topliss-reactive ketones (excluding diaryl/α,β-unsaturated/α-hetero) is 1. The molecule has 0 atom stereocenters. The average Bonchev–Trinajstić information content (AvgIpc) is 2.20. The van der Waals surface area contributed by atoms with Crippen LogP contribution in [-0.4, -0.2) is 16.4 Å². The molecule has 0 spiro atoms. The third-order valence-corrected chi connectivity index (χ3v) is 3.14. The lowest BCUT2D eigenvalue weighted by Crippen LogP contribution is -2.07. The zero-order valence-electron chi connectivity index (χ0n) is 7.60. The van der Waals surface area contributed by atoms with Gasteiger partial charge in [-0.25, -0.2) is 0 Å². The quantitative estimate of drug-likeness (QED) is 0.614. The summed E-state index contributed by atoms with van der Waals surface area (Å²) >= 11 is 11.7. The lowest BCUT2D eigenvalue weighted by molar-refractivity contribution is -0.115. The fourth-order valence-corrected chi connectivity index (χ4v) is 1.88. The molecule has 0 fully saturated rings. The van der Waals surface area contributed by atoms with Crippen LogP contribution >= 0.6 is 43.5 Å². The van der Waals surface area contributed by atoms with Gasteiger partial charge in [0.1, 0.15) is 5.78 Å². The molecule has 0 aliphatic rings. The molecule has 0 saturated heterocycles. The predicted molar refractivity (Wildman–Crippen MR) is 66.8 cm³/mol. The van der Waals surface area contributed by atoms with Gasteiger partial charge in [-0.2, -0.15) is 0 Å². The Morgan fingerprint density at radius 3 is 2.53 bits per heavy atom. The van der Waals surface area contributed by atoms with Gasteiger partial charge in [0, 0.05) is 16.5 Å². The molecule has 0 amide bonds. The van der Waals surface area contributed by atoms with Crippen molar-refractivity contribution in [2.45, 2.75) is 6.42 Å². The molecule has 0 unspecified atom stereocenters. The van der Waals surface area contributed by atoms with Gasteiger partial charge in [-0.05, 0) is 29.3 Å². The Bertz CT molecular complexity index is 404. The van der Waals surface area contributed by atoms with Gasteiger partial charge in [-0.1, -0.05) is 37.9 Å². The standard InChI is InChI=1S/C10H7Br2ClO2/c11-5-8(14)3-6-1-2-7(12)4-9(6)10(13)15/h1-2,4H,3,5H2. The summed E-state index contributed by atoms with van der Waals surface area (Å²) in [6.07, 6.45) is 0.215. The molecule has 1 aromatic carbocycles. The van der Waals surface area contributed by atoms with Crippen LogP contribution < -0.4 is 0 Å². The van der Waals surface area contributed by atoms with Crippen LogP contribution in [0.1, 0.15) is 15.9 Å². The van der Waals surface area contributed by atoms with Crippen LogP contribution in [0.4, 0.5) is 0 Å². The molecule has 0 aromatic heterocycles. The Morgan fingerprint density at radius 1 is 1.33 bits per heavy atom. The first kappa shape index (κ1) is 12.9. The number of rotatable bonds is 4. The predicted octanol–water partition coefficient (Wildman–Crippen LogP) is 3.33. The number of carbonyl (C=O) groups excluding carboxylic acids is 2. The monoisotopic (exact) mass is 352 g/mol. The van der Waals surface area contributed by atoms with Crippen molar-refractivity contribution in [3.63, 3.8) is 0 Å². The normalized spacial score (nSPS) is 10.1. The summed E-state index contributed by atoms with van der Waals surface area (Å²) in [5, 5.41) is -0.271. The fourth-order valence-electron chi connectivity index (χ4n) is 1.15. The minimum absolute atomic E-state index is 0.0106. The molecule has 0 heterocycles. The van der Waals surface area contributed by atoms with E-state index in [0.717, 1.165) is 4.47 Å². The van der Waals surface area contributed by atoms with Crippen molar-refractivity contribution >= 4 is 54.5 Å². The van der Waals surface area contributed by atoms with Crippen molar-refractivity contribution in [2.75, 3.05) is 5.33 Å². The number of benzene rings is 1. The second-order valence-corrected chi connectivity index (χ2v) is 4.74. The smallest absolute Gasteiger partial charge is 0.252 e. The average molecular weight is 354 g/mol. The van der Waals surface area contributed by atoms with E-state index in [4.69, 9.17) is 11.6 Å². The summed E-state index contributed by atoms with van der Waals surface area (Å²) in [6.45, 7) is 0. The van der Waals surface area contributed by atoms with Gasteiger partial charge >= 0.3 is 0 Å². The highest BCUT2D eigenvalue weighted by atomic mass is 79.9. The van der Waals surface area contributed by atoms with Gasteiger partial charge in [0.15, 0.2) is 0 Å². The minimum atomic E-state index is -0.548. The Kier molecular flexibility index (Phi) is 4.96. The Hall–Kier alpha value is -0.190. The van der Waals surface area contributed by atoms with Crippen LogP contribution in [0.5, 0.6) is 0 Å². The van der Waals surface area contributed by atoms with E-state index in [0.29, 0.717) is 11.1 Å². The van der Waals surface area contributed by atoms with Crippen molar-refractivity contribution in [3.8, 4) is 0 Å². The number of ketones is 1. The zero-order valence-corrected chi connectivity index (χ0v) is 11.5. The molecule has 1 rings (SSSR count). The molecule has 0 aliphatic carbocycles. The first-order valence-electron chi connectivity index (χ1n) is 4.10. The van der Waals surface area contributed by atoms with Gasteiger partial charge in [0.05, 0.1) is 5.33 Å². The largest absolute Gasteiger partial charge is 0.298 e. The van der Waals surface area contributed by atoms with E-state index < -0.39 is 5.24 Å². The maximum atomic E-state index is 11.2. The molecule has 0 bridgehead atoms. The Morgan fingerprint density at radius 2 is 2.00 bits per heavy atom. The Balaban J connectivity index is 3.06. The number of hydrogen-bond donors (Lipinski definition) is 0. The molecule has 15 heavy (non-hydrogen) atoms. The van der Waals surface area contributed by atoms with Gasteiger partial charge in [0.2, 0.25) is 0 Å². The van der Waals surface area contributed by atoms with Crippen molar-refractivity contribution in [1.82, 2.24) is 0 Å². The first-order chi connectivity index (χ1) is 7.04. The van der Waals surface area contributed by atoms with Crippen LogP contribution in [0.15, 0.2) is 22.7 Å². The zero-order chi connectivity index (χ0) is 11.4. The lowest BCUT2D eigenvalue weighted by Gasteiger charge is -2.04. The Labute approximate surface area is 109 Å². The van der Waals surface area contributed by atoms with Gasteiger partial charge in [0.25, 0.3) is 5.24 Å². The summed E-state index contributed by atoms with van der Waals surface area (Å²) in [7, 11) is 0. The van der Waals surface area contributed by atoms with Crippen molar-refractivity contribution < 1.29 is 9.59 Å².